The Hall–Kier alpha value is -7.80. The predicted octanol–water partition coefficient (Wildman–Crippen LogP) is 20.3. The minimum atomic E-state index is 0.150. The molecule has 0 unspecified atom stereocenters. The molecule has 0 bridgehead atoms. The molecule has 0 fully saturated rings. The van der Waals surface area contributed by atoms with Gasteiger partial charge in [-0.25, -0.2) is 0 Å². The van der Waals surface area contributed by atoms with Gasteiger partial charge in [0.15, 0.2) is 0 Å². The smallest absolute Gasteiger partial charge is 0.0161 e. The van der Waals surface area contributed by atoms with Crippen LogP contribution < -0.4 is 0 Å². The number of aryl methyl sites for hydroxylation is 6. The molecule has 0 amide bonds. The fourth-order valence-electron chi connectivity index (χ4n) is 9.59. The summed E-state index contributed by atoms with van der Waals surface area (Å²) in [4.78, 5) is 0. The van der Waals surface area contributed by atoms with Crippen LogP contribution in [0.1, 0.15) is 72.2 Å². The summed E-state index contributed by atoms with van der Waals surface area (Å²) in [5, 5.41) is 0. The van der Waals surface area contributed by atoms with E-state index < -0.39 is 0 Å². The fraction of sp³-hybridized carbons (Fsp3) is 0.155. The van der Waals surface area contributed by atoms with Crippen molar-refractivity contribution in [1.82, 2.24) is 0 Å². The van der Waals surface area contributed by atoms with Crippen LogP contribution in [0.5, 0.6) is 0 Å². The first-order valence-corrected chi connectivity index (χ1v) is 25.2. The van der Waals surface area contributed by atoms with E-state index in [2.05, 4.69) is 286 Å². The van der Waals surface area contributed by atoms with Crippen LogP contribution >= 0.6 is 0 Å². The van der Waals surface area contributed by atoms with Crippen molar-refractivity contribution in [3.63, 3.8) is 0 Å². The van der Waals surface area contributed by atoms with Crippen LogP contribution in [-0.2, 0) is 5.41 Å². The lowest BCUT2D eigenvalue weighted by Gasteiger charge is -2.23. The minimum absolute atomic E-state index is 0.150. The highest BCUT2D eigenvalue weighted by Gasteiger charge is 2.35. The molecule has 0 saturated heterocycles. The molecule has 0 aliphatic heterocycles. The molecule has 11 rings (SSSR count). The summed E-state index contributed by atoms with van der Waals surface area (Å²) in [6, 6.07) is 86.3. The van der Waals surface area contributed by atoms with Crippen molar-refractivity contribution >= 4 is 0 Å². The summed E-state index contributed by atoms with van der Waals surface area (Å²) >= 11 is 0. The molecule has 0 nitrogen and oxygen atoms in total. The Balaban J connectivity index is 0.000000145. The Morgan fingerprint density at radius 3 is 1.08 bits per heavy atom. The quantitative estimate of drug-likeness (QED) is 0.161. The highest BCUT2D eigenvalue weighted by molar-refractivity contribution is 5.82. The van der Waals surface area contributed by atoms with E-state index in [1.807, 2.05) is 26.0 Å². The molecule has 0 heterocycles. The molecule has 0 heteroatoms. The minimum Gasteiger partial charge on any atom is -0.0683 e. The van der Waals surface area contributed by atoms with Gasteiger partial charge in [0, 0.05) is 5.41 Å². The van der Waals surface area contributed by atoms with Gasteiger partial charge >= 0.3 is 0 Å². The monoisotopic (exact) mass is 923 g/mol. The molecule has 0 N–H and O–H groups in total. The van der Waals surface area contributed by atoms with Gasteiger partial charge in [-0.3, -0.25) is 0 Å². The Labute approximate surface area is 426 Å². The van der Waals surface area contributed by atoms with E-state index in [1.165, 1.54) is 111 Å². The molecular formula is C71H70. The van der Waals surface area contributed by atoms with Crippen LogP contribution in [0, 0.1) is 41.5 Å². The second kappa shape index (κ2) is 24.2. The van der Waals surface area contributed by atoms with Crippen molar-refractivity contribution in [1.29, 1.82) is 0 Å². The van der Waals surface area contributed by atoms with Crippen LogP contribution in [0.2, 0.25) is 0 Å². The van der Waals surface area contributed by atoms with E-state index in [4.69, 9.17) is 0 Å². The SMILES string of the molecule is CC.Cc1ccc(-c2ccccc2)cc1.Cc1cccc(-c2ccc(C)c(-c3cc(-c4ccccc4)ccc3C)c2)c1.Cc1cccc(-c2ccccc2)c1.Cc1cccc2c1C(C)(C)c1ccccc1-2. The van der Waals surface area contributed by atoms with Gasteiger partial charge in [0.05, 0.1) is 0 Å². The normalized spacial score (nSPS) is 11.4. The van der Waals surface area contributed by atoms with E-state index in [1.54, 1.807) is 0 Å². The predicted molar refractivity (Wildman–Crippen MR) is 310 cm³/mol. The maximum Gasteiger partial charge on any atom is 0.0161 e. The molecule has 0 atom stereocenters. The van der Waals surface area contributed by atoms with Crippen LogP contribution in [0.3, 0.4) is 0 Å². The maximum absolute atomic E-state index is 2.33. The van der Waals surface area contributed by atoms with Crippen LogP contribution in [-0.4, -0.2) is 0 Å². The van der Waals surface area contributed by atoms with Gasteiger partial charge in [0.2, 0.25) is 0 Å². The molecule has 0 spiro atoms. The van der Waals surface area contributed by atoms with Gasteiger partial charge in [-0.1, -0.05) is 275 Å². The van der Waals surface area contributed by atoms with E-state index in [0.717, 1.165) is 0 Å². The molecule has 10 aromatic rings. The molecule has 0 aromatic heterocycles. The maximum atomic E-state index is 2.33. The molecular weight excluding hydrogens is 853 g/mol. The summed E-state index contributed by atoms with van der Waals surface area (Å²) in [5.74, 6) is 0. The van der Waals surface area contributed by atoms with E-state index in [-0.39, 0.29) is 5.41 Å². The van der Waals surface area contributed by atoms with Crippen molar-refractivity contribution in [2.24, 2.45) is 0 Å². The van der Waals surface area contributed by atoms with Gasteiger partial charge < -0.3 is 0 Å². The molecule has 10 aromatic carbocycles. The number of fused-ring (bicyclic) bond motifs is 3. The standard InChI is InChI=1S/C27H24.C16H16.2C13H12.C2H6/c1-19-8-7-11-23(16-19)25-15-13-21(3)27(18-25)26-17-24(14-12-20(26)2)22-9-5-4-6-10-22;1-11-7-6-9-13-12-8-4-5-10-14(12)16(2,3)15(11)13;1-11-6-5-9-13(10-11)12-7-3-2-4-8-12;1-11-7-9-13(10-8-11)12-5-3-2-4-6-12;1-2/h4-18H,1-3H3;4-10H,1-3H3;2*2-10H,1H3;1-2H3. The van der Waals surface area contributed by atoms with Crippen LogP contribution in [0.15, 0.2) is 243 Å². The number of rotatable bonds is 5. The molecule has 0 saturated carbocycles. The molecule has 1 aliphatic carbocycles. The second-order valence-corrected chi connectivity index (χ2v) is 18.9. The third-order valence-corrected chi connectivity index (χ3v) is 13.3. The first-order chi connectivity index (χ1) is 34.5. The number of hydrogen-bond acceptors (Lipinski definition) is 0. The summed E-state index contributed by atoms with van der Waals surface area (Å²) in [7, 11) is 0. The lowest BCUT2D eigenvalue weighted by atomic mass is 9.80. The molecule has 1 aliphatic rings. The highest BCUT2D eigenvalue weighted by Crippen LogP contribution is 2.49. The fourth-order valence-corrected chi connectivity index (χ4v) is 9.59. The highest BCUT2D eigenvalue weighted by atomic mass is 14.4. The van der Waals surface area contributed by atoms with Crippen LogP contribution in [0.25, 0.3) is 66.8 Å². The first-order valence-electron chi connectivity index (χ1n) is 25.2. The van der Waals surface area contributed by atoms with Gasteiger partial charge in [0.25, 0.3) is 0 Å². The van der Waals surface area contributed by atoms with Crippen molar-refractivity contribution in [3.05, 3.63) is 287 Å². The van der Waals surface area contributed by atoms with E-state index in [9.17, 15) is 0 Å². The largest absolute Gasteiger partial charge is 0.0683 e. The Morgan fingerprint density at radius 1 is 0.239 bits per heavy atom. The van der Waals surface area contributed by atoms with E-state index in [0.29, 0.717) is 0 Å². The van der Waals surface area contributed by atoms with Gasteiger partial charge in [0.1, 0.15) is 0 Å². The zero-order valence-corrected chi connectivity index (χ0v) is 43.6. The van der Waals surface area contributed by atoms with Crippen molar-refractivity contribution in [2.45, 2.75) is 74.7 Å². The van der Waals surface area contributed by atoms with Gasteiger partial charge in [-0.05, 0) is 148 Å². The Morgan fingerprint density at radius 2 is 0.592 bits per heavy atom. The van der Waals surface area contributed by atoms with Crippen molar-refractivity contribution in [3.8, 4) is 66.8 Å². The lowest BCUT2D eigenvalue weighted by Crippen LogP contribution is -2.16. The Bertz CT molecular complexity index is 3260. The second-order valence-electron chi connectivity index (χ2n) is 18.9. The van der Waals surface area contributed by atoms with Crippen LogP contribution in [0.4, 0.5) is 0 Å². The summed E-state index contributed by atoms with van der Waals surface area (Å²) < 4.78 is 0. The molecule has 71 heavy (non-hydrogen) atoms. The average molecular weight is 923 g/mol. The van der Waals surface area contributed by atoms with E-state index >= 15 is 0 Å². The third-order valence-electron chi connectivity index (χ3n) is 13.3. The summed E-state index contributed by atoms with van der Waals surface area (Å²) in [6.45, 7) is 21.6. The Kier molecular flexibility index (Phi) is 17.4. The van der Waals surface area contributed by atoms with Crippen molar-refractivity contribution < 1.29 is 0 Å². The zero-order chi connectivity index (χ0) is 50.3. The summed E-state index contributed by atoms with van der Waals surface area (Å²) in [5.41, 5.74) is 26.7. The van der Waals surface area contributed by atoms with Crippen molar-refractivity contribution in [2.75, 3.05) is 0 Å². The molecule has 354 valence electrons. The summed E-state index contributed by atoms with van der Waals surface area (Å²) in [6.07, 6.45) is 0. The number of hydrogen-bond donors (Lipinski definition) is 0. The molecule has 0 radical (unpaired) electrons. The zero-order valence-electron chi connectivity index (χ0n) is 43.6. The third kappa shape index (κ3) is 12.7. The van der Waals surface area contributed by atoms with Gasteiger partial charge in [-0.15, -0.1) is 0 Å². The first kappa shape index (κ1) is 51.1. The van der Waals surface area contributed by atoms with Gasteiger partial charge in [-0.2, -0.15) is 0 Å². The number of benzene rings is 10. The average Bonchev–Trinajstić information content (AvgIpc) is 3.65. The topological polar surface area (TPSA) is 0 Å². The lowest BCUT2D eigenvalue weighted by molar-refractivity contribution is 0.655.